The summed E-state index contributed by atoms with van der Waals surface area (Å²) >= 11 is 0. The van der Waals surface area contributed by atoms with Gasteiger partial charge in [-0.1, -0.05) is 85.5 Å². The highest BCUT2D eigenvalue weighted by molar-refractivity contribution is 5.75. The number of hydrogen-bond donors (Lipinski definition) is 1. The molecule has 0 saturated heterocycles. The maximum Gasteiger partial charge on any atom is 0.167 e. The first-order chi connectivity index (χ1) is 17.4. The van der Waals surface area contributed by atoms with Gasteiger partial charge in [-0.2, -0.15) is 0 Å². The Labute approximate surface area is 208 Å². The molecule has 0 amide bonds. The molecule has 0 aliphatic heterocycles. The molecule has 0 spiro atoms. The number of ether oxygens (including phenoxy) is 1. The fourth-order valence-corrected chi connectivity index (χ4v) is 3.78. The van der Waals surface area contributed by atoms with Gasteiger partial charge in [0.2, 0.25) is 0 Å². The van der Waals surface area contributed by atoms with Gasteiger partial charge in [-0.15, -0.1) is 0 Å². The minimum atomic E-state index is -0.934. The Bertz CT molecular complexity index is 1390. The van der Waals surface area contributed by atoms with Crippen LogP contribution in [0.1, 0.15) is 29.7 Å². The lowest BCUT2D eigenvalue weighted by Gasteiger charge is -2.11. The fourth-order valence-electron chi connectivity index (χ4n) is 3.78. The Morgan fingerprint density at radius 2 is 1.39 bits per heavy atom. The molecule has 4 rings (SSSR count). The first-order valence-corrected chi connectivity index (χ1v) is 11.5. The summed E-state index contributed by atoms with van der Waals surface area (Å²) in [4.78, 5) is 0. The highest BCUT2D eigenvalue weighted by Crippen LogP contribution is 2.32. The third kappa shape index (κ3) is 5.58. The molecule has 1 unspecified atom stereocenters. The van der Waals surface area contributed by atoms with Crippen molar-refractivity contribution in [3.05, 3.63) is 126 Å². The van der Waals surface area contributed by atoms with Crippen LogP contribution in [0, 0.1) is 17.5 Å². The zero-order valence-electron chi connectivity index (χ0n) is 19.7. The summed E-state index contributed by atoms with van der Waals surface area (Å²) < 4.78 is 49.5. The SMILES string of the molecule is C=CCOc1ccc(/C=C/c2ccc(-c3ccc(-c4ccc(C(C)O)cc4)c(F)c3F)cc2)c(F)c1. The maximum atomic E-state index is 15.0. The molecule has 1 atom stereocenters. The van der Waals surface area contributed by atoms with Crippen LogP contribution in [-0.2, 0) is 0 Å². The number of aliphatic hydroxyl groups excluding tert-OH is 1. The van der Waals surface area contributed by atoms with Crippen LogP contribution in [0.15, 0.2) is 91.5 Å². The van der Waals surface area contributed by atoms with Crippen molar-refractivity contribution in [3.63, 3.8) is 0 Å². The van der Waals surface area contributed by atoms with Gasteiger partial charge in [0.1, 0.15) is 18.2 Å². The van der Waals surface area contributed by atoms with E-state index in [0.29, 0.717) is 34.6 Å². The van der Waals surface area contributed by atoms with Crippen molar-refractivity contribution in [2.75, 3.05) is 6.61 Å². The Balaban J connectivity index is 1.52. The molecule has 182 valence electrons. The van der Waals surface area contributed by atoms with E-state index in [4.69, 9.17) is 4.74 Å². The molecular formula is C31H25F3O2. The summed E-state index contributed by atoms with van der Waals surface area (Å²) in [6.45, 7) is 5.50. The standard InChI is InChI=1S/C31H25F3O2/c1-3-18-36-26-15-14-25(29(32)19-26)9-6-21-4-7-23(8-5-21)27-16-17-28(31(34)30(27)33)24-12-10-22(11-13-24)20(2)35/h3-17,19-20,35H,1,18H2,2H3/b9-6+. The molecule has 0 aliphatic rings. The summed E-state index contributed by atoms with van der Waals surface area (Å²) in [5, 5.41) is 9.64. The van der Waals surface area contributed by atoms with Crippen molar-refractivity contribution in [1.29, 1.82) is 0 Å². The second-order valence-electron chi connectivity index (χ2n) is 8.32. The average Bonchev–Trinajstić information content (AvgIpc) is 2.89. The first-order valence-electron chi connectivity index (χ1n) is 11.5. The van der Waals surface area contributed by atoms with Gasteiger partial charge in [0.25, 0.3) is 0 Å². The highest BCUT2D eigenvalue weighted by atomic mass is 19.2. The molecule has 0 saturated carbocycles. The van der Waals surface area contributed by atoms with Crippen molar-refractivity contribution < 1.29 is 23.0 Å². The summed E-state index contributed by atoms with van der Waals surface area (Å²) in [6.07, 6.45) is 4.33. The van der Waals surface area contributed by atoms with E-state index in [1.165, 1.54) is 6.07 Å². The van der Waals surface area contributed by atoms with E-state index in [9.17, 15) is 18.3 Å². The minimum absolute atomic E-state index is 0.147. The summed E-state index contributed by atoms with van der Waals surface area (Å²) in [7, 11) is 0. The van der Waals surface area contributed by atoms with E-state index in [-0.39, 0.29) is 11.1 Å². The molecule has 4 aromatic rings. The summed E-state index contributed by atoms with van der Waals surface area (Å²) in [5.74, 6) is -1.86. The van der Waals surface area contributed by atoms with Crippen molar-refractivity contribution in [1.82, 2.24) is 0 Å². The van der Waals surface area contributed by atoms with E-state index in [2.05, 4.69) is 6.58 Å². The molecule has 36 heavy (non-hydrogen) atoms. The van der Waals surface area contributed by atoms with Crippen molar-refractivity contribution in [2.45, 2.75) is 13.0 Å². The molecule has 5 heteroatoms. The normalized spacial score (nSPS) is 12.0. The van der Waals surface area contributed by atoms with E-state index in [1.54, 1.807) is 97.9 Å². The predicted octanol–water partition coefficient (Wildman–Crippen LogP) is 8.23. The van der Waals surface area contributed by atoms with Crippen molar-refractivity contribution in [3.8, 4) is 28.0 Å². The van der Waals surface area contributed by atoms with E-state index in [0.717, 1.165) is 5.56 Å². The Morgan fingerprint density at radius 1 is 0.806 bits per heavy atom. The second kappa shape index (κ2) is 11.1. The van der Waals surface area contributed by atoms with Crippen molar-refractivity contribution >= 4 is 12.2 Å². The minimum Gasteiger partial charge on any atom is -0.489 e. The van der Waals surface area contributed by atoms with Crippen LogP contribution in [0.3, 0.4) is 0 Å². The predicted molar refractivity (Wildman–Crippen MR) is 139 cm³/mol. The summed E-state index contributed by atoms with van der Waals surface area (Å²) in [6, 6.07) is 21.3. The third-order valence-electron chi connectivity index (χ3n) is 5.80. The van der Waals surface area contributed by atoms with Gasteiger partial charge in [0.05, 0.1) is 6.10 Å². The van der Waals surface area contributed by atoms with Gasteiger partial charge in [0.15, 0.2) is 11.6 Å². The average molecular weight is 487 g/mol. The quantitative estimate of drug-likeness (QED) is 0.201. The van der Waals surface area contributed by atoms with Gasteiger partial charge in [-0.3, -0.25) is 0 Å². The fraction of sp³-hybridized carbons (Fsp3) is 0.0968. The monoisotopic (exact) mass is 486 g/mol. The van der Waals surface area contributed by atoms with Crippen LogP contribution in [0.2, 0.25) is 0 Å². The Morgan fingerprint density at radius 3 is 1.92 bits per heavy atom. The lowest BCUT2D eigenvalue weighted by Crippen LogP contribution is -1.95. The number of hydrogen-bond acceptors (Lipinski definition) is 2. The molecule has 0 radical (unpaired) electrons. The molecule has 0 bridgehead atoms. The van der Waals surface area contributed by atoms with Crippen LogP contribution in [0.4, 0.5) is 13.2 Å². The van der Waals surface area contributed by atoms with Gasteiger partial charge >= 0.3 is 0 Å². The zero-order chi connectivity index (χ0) is 25.7. The van der Waals surface area contributed by atoms with Gasteiger partial charge in [-0.05, 0) is 41.3 Å². The highest BCUT2D eigenvalue weighted by Gasteiger charge is 2.16. The molecule has 0 aromatic heterocycles. The van der Waals surface area contributed by atoms with Crippen LogP contribution < -0.4 is 4.74 Å². The molecule has 0 heterocycles. The van der Waals surface area contributed by atoms with Crippen molar-refractivity contribution in [2.24, 2.45) is 0 Å². The zero-order valence-corrected chi connectivity index (χ0v) is 19.7. The van der Waals surface area contributed by atoms with Crippen LogP contribution >= 0.6 is 0 Å². The first kappa shape index (κ1) is 25.0. The van der Waals surface area contributed by atoms with Crippen LogP contribution in [0.5, 0.6) is 5.75 Å². The molecule has 4 aromatic carbocycles. The van der Waals surface area contributed by atoms with Gasteiger partial charge in [-0.25, -0.2) is 13.2 Å². The van der Waals surface area contributed by atoms with Gasteiger partial charge < -0.3 is 9.84 Å². The smallest absolute Gasteiger partial charge is 0.167 e. The second-order valence-corrected chi connectivity index (χ2v) is 8.32. The number of rotatable bonds is 8. The molecule has 0 fully saturated rings. The molecular weight excluding hydrogens is 461 g/mol. The molecule has 1 N–H and O–H groups in total. The molecule has 0 aliphatic carbocycles. The number of benzene rings is 4. The topological polar surface area (TPSA) is 29.5 Å². The Hall–Kier alpha value is -4.09. The van der Waals surface area contributed by atoms with Crippen LogP contribution in [-0.4, -0.2) is 11.7 Å². The van der Waals surface area contributed by atoms with Gasteiger partial charge in [0, 0.05) is 22.8 Å². The van der Waals surface area contributed by atoms with E-state index < -0.39 is 23.6 Å². The molecule has 2 nitrogen and oxygen atoms in total. The maximum absolute atomic E-state index is 15.0. The van der Waals surface area contributed by atoms with Crippen LogP contribution in [0.25, 0.3) is 34.4 Å². The lowest BCUT2D eigenvalue weighted by atomic mass is 9.97. The Kier molecular flexibility index (Phi) is 7.71. The largest absolute Gasteiger partial charge is 0.489 e. The number of aliphatic hydroxyl groups is 1. The lowest BCUT2D eigenvalue weighted by molar-refractivity contribution is 0.199. The summed E-state index contributed by atoms with van der Waals surface area (Å²) in [5.41, 5.74) is 3.22. The third-order valence-corrected chi connectivity index (χ3v) is 5.80. The van der Waals surface area contributed by atoms with E-state index >= 15 is 0 Å². The van der Waals surface area contributed by atoms with E-state index in [1.807, 2.05) is 0 Å². The number of halogens is 3.